The molecule has 2 N–H and O–H groups in total. The van der Waals surface area contributed by atoms with Crippen LogP contribution in [0.2, 0.25) is 0 Å². The number of aromatic nitrogens is 1. The number of rotatable bonds is 5. The maximum atomic E-state index is 10.8. The summed E-state index contributed by atoms with van der Waals surface area (Å²) in [5, 5.41) is 10.8. The second kappa shape index (κ2) is 6.19. The number of nitro groups is 1. The Balaban J connectivity index is 2.29. The third kappa shape index (κ3) is 3.46. The molecule has 21 heavy (non-hydrogen) atoms. The van der Waals surface area contributed by atoms with Gasteiger partial charge >= 0.3 is 0 Å². The van der Waals surface area contributed by atoms with Gasteiger partial charge in [-0.25, -0.2) is 4.98 Å². The van der Waals surface area contributed by atoms with Gasteiger partial charge in [-0.05, 0) is 18.6 Å². The van der Waals surface area contributed by atoms with Crippen molar-refractivity contribution in [3.63, 3.8) is 0 Å². The summed E-state index contributed by atoms with van der Waals surface area (Å²) in [5.74, 6) is 0.921. The van der Waals surface area contributed by atoms with Gasteiger partial charge in [-0.1, -0.05) is 6.07 Å². The van der Waals surface area contributed by atoms with Gasteiger partial charge in [0.15, 0.2) is 11.5 Å². The van der Waals surface area contributed by atoms with Crippen molar-refractivity contribution >= 4 is 5.69 Å². The first-order chi connectivity index (χ1) is 10.0. The van der Waals surface area contributed by atoms with Gasteiger partial charge in [-0.3, -0.25) is 10.1 Å². The fourth-order valence-electron chi connectivity index (χ4n) is 1.69. The van der Waals surface area contributed by atoms with Crippen molar-refractivity contribution in [1.82, 2.24) is 4.98 Å². The van der Waals surface area contributed by atoms with Crippen LogP contribution < -0.4 is 15.2 Å². The van der Waals surface area contributed by atoms with Crippen LogP contribution in [0.1, 0.15) is 18.5 Å². The van der Waals surface area contributed by atoms with Crippen LogP contribution in [0.25, 0.3) is 0 Å². The Bertz CT molecular complexity index is 641. The second-order valence-electron chi connectivity index (χ2n) is 4.41. The molecule has 1 atom stereocenters. The quantitative estimate of drug-likeness (QED) is 0.671. The highest BCUT2D eigenvalue weighted by molar-refractivity contribution is 5.49. The number of hydrogen-bond donors (Lipinski definition) is 1. The standard InChI is InChI=1S/C14H15N3O4/c1-9(15)10-3-6-14(16-8-10)21-13-7-11(17(18)19)4-5-12(13)20-2/h3-9H,15H2,1-2H3/t9-/m0/s1. The van der Waals surface area contributed by atoms with Crippen LogP contribution in [0.4, 0.5) is 5.69 Å². The van der Waals surface area contributed by atoms with Crippen molar-refractivity contribution < 1.29 is 14.4 Å². The highest BCUT2D eigenvalue weighted by Gasteiger charge is 2.13. The fraction of sp³-hybridized carbons (Fsp3) is 0.214. The maximum Gasteiger partial charge on any atom is 0.273 e. The number of pyridine rings is 1. The number of ether oxygens (including phenoxy) is 2. The topological polar surface area (TPSA) is 101 Å². The van der Waals surface area contributed by atoms with E-state index in [1.54, 1.807) is 18.3 Å². The van der Waals surface area contributed by atoms with Crippen molar-refractivity contribution in [3.05, 3.63) is 52.2 Å². The van der Waals surface area contributed by atoms with Crippen LogP contribution in [-0.2, 0) is 0 Å². The van der Waals surface area contributed by atoms with Crippen LogP contribution in [0, 0.1) is 10.1 Å². The molecule has 0 saturated carbocycles. The van der Waals surface area contributed by atoms with Crippen LogP contribution >= 0.6 is 0 Å². The minimum atomic E-state index is -0.501. The lowest BCUT2D eigenvalue weighted by molar-refractivity contribution is -0.384. The smallest absolute Gasteiger partial charge is 0.273 e. The zero-order valence-corrected chi connectivity index (χ0v) is 11.6. The molecule has 0 radical (unpaired) electrons. The summed E-state index contributed by atoms with van der Waals surface area (Å²) in [7, 11) is 1.46. The molecule has 0 aliphatic carbocycles. The Hall–Kier alpha value is -2.67. The van der Waals surface area contributed by atoms with Gasteiger partial charge in [0.05, 0.1) is 18.1 Å². The fourth-order valence-corrected chi connectivity index (χ4v) is 1.69. The molecule has 110 valence electrons. The van der Waals surface area contributed by atoms with Gasteiger partial charge in [-0.15, -0.1) is 0 Å². The summed E-state index contributed by atoms with van der Waals surface area (Å²) in [4.78, 5) is 14.4. The average Bonchev–Trinajstić information content (AvgIpc) is 2.47. The minimum Gasteiger partial charge on any atom is -0.493 e. The number of nitro benzene ring substituents is 1. The number of non-ortho nitro benzene ring substituents is 1. The summed E-state index contributed by atoms with van der Waals surface area (Å²) in [5.41, 5.74) is 6.52. The van der Waals surface area contributed by atoms with Gasteiger partial charge in [-0.2, -0.15) is 0 Å². The highest BCUT2D eigenvalue weighted by atomic mass is 16.6. The molecular formula is C14H15N3O4. The lowest BCUT2D eigenvalue weighted by atomic mass is 10.2. The summed E-state index contributed by atoms with van der Waals surface area (Å²) < 4.78 is 10.7. The number of benzene rings is 1. The third-order valence-corrected chi connectivity index (χ3v) is 2.86. The van der Waals surface area contributed by atoms with E-state index in [0.29, 0.717) is 11.6 Å². The van der Waals surface area contributed by atoms with Gasteiger partial charge < -0.3 is 15.2 Å². The molecule has 0 aliphatic rings. The maximum absolute atomic E-state index is 10.8. The Morgan fingerprint density at radius 3 is 2.57 bits per heavy atom. The molecule has 1 heterocycles. The van der Waals surface area contributed by atoms with Crippen LogP contribution in [0.3, 0.4) is 0 Å². The third-order valence-electron chi connectivity index (χ3n) is 2.86. The summed E-state index contributed by atoms with van der Waals surface area (Å²) in [6.45, 7) is 1.85. The van der Waals surface area contributed by atoms with E-state index in [1.807, 2.05) is 6.92 Å². The van der Waals surface area contributed by atoms with Crippen molar-refractivity contribution in [2.45, 2.75) is 13.0 Å². The molecule has 0 spiro atoms. The first-order valence-corrected chi connectivity index (χ1v) is 6.23. The predicted octanol–water partition coefficient (Wildman–Crippen LogP) is 2.81. The lowest BCUT2D eigenvalue weighted by Gasteiger charge is -2.10. The number of hydrogen-bond acceptors (Lipinski definition) is 6. The summed E-state index contributed by atoms with van der Waals surface area (Å²) >= 11 is 0. The Morgan fingerprint density at radius 1 is 1.29 bits per heavy atom. The molecule has 0 saturated heterocycles. The average molecular weight is 289 g/mol. The van der Waals surface area contributed by atoms with E-state index in [-0.39, 0.29) is 17.5 Å². The van der Waals surface area contributed by atoms with Crippen molar-refractivity contribution in [2.24, 2.45) is 5.73 Å². The van der Waals surface area contributed by atoms with Gasteiger partial charge in [0.1, 0.15) is 0 Å². The molecule has 1 aromatic heterocycles. The Kier molecular flexibility index (Phi) is 4.34. The van der Waals surface area contributed by atoms with E-state index in [0.717, 1.165) is 5.56 Å². The van der Waals surface area contributed by atoms with Gasteiger partial charge in [0.2, 0.25) is 5.88 Å². The van der Waals surface area contributed by atoms with Crippen LogP contribution in [0.15, 0.2) is 36.5 Å². The van der Waals surface area contributed by atoms with Crippen molar-refractivity contribution in [3.8, 4) is 17.4 Å². The molecule has 0 bridgehead atoms. The van der Waals surface area contributed by atoms with E-state index < -0.39 is 4.92 Å². The second-order valence-corrected chi connectivity index (χ2v) is 4.41. The largest absolute Gasteiger partial charge is 0.493 e. The molecule has 2 aromatic rings. The van der Waals surface area contributed by atoms with Crippen LogP contribution in [-0.4, -0.2) is 17.0 Å². The molecular weight excluding hydrogens is 274 g/mol. The lowest BCUT2D eigenvalue weighted by Crippen LogP contribution is -2.05. The highest BCUT2D eigenvalue weighted by Crippen LogP contribution is 2.34. The molecule has 0 fully saturated rings. The van der Waals surface area contributed by atoms with E-state index >= 15 is 0 Å². The van der Waals surface area contributed by atoms with Gasteiger partial charge in [0, 0.05) is 24.4 Å². The van der Waals surface area contributed by atoms with E-state index in [9.17, 15) is 10.1 Å². The molecule has 0 amide bonds. The number of nitrogens with two attached hydrogens (primary N) is 1. The predicted molar refractivity (Wildman–Crippen MR) is 76.6 cm³/mol. The molecule has 7 nitrogen and oxygen atoms in total. The number of nitrogens with zero attached hydrogens (tertiary/aromatic N) is 2. The summed E-state index contributed by atoms with van der Waals surface area (Å²) in [6.07, 6.45) is 1.60. The SMILES string of the molecule is COc1ccc([N+](=O)[O-])cc1Oc1ccc([C@H](C)N)cn1. The van der Waals surface area contributed by atoms with Gasteiger partial charge in [0.25, 0.3) is 5.69 Å². The zero-order valence-electron chi connectivity index (χ0n) is 11.6. The van der Waals surface area contributed by atoms with E-state index in [4.69, 9.17) is 15.2 Å². The number of methoxy groups -OCH3 is 1. The molecule has 0 unspecified atom stereocenters. The van der Waals surface area contributed by atoms with Crippen molar-refractivity contribution in [2.75, 3.05) is 7.11 Å². The Labute approximate surface area is 121 Å². The first kappa shape index (κ1) is 14.7. The molecule has 0 aliphatic heterocycles. The van der Waals surface area contributed by atoms with Crippen LogP contribution in [0.5, 0.6) is 17.4 Å². The normalized spacial score (nSPS) is 11.8. The molecule has 1 aromatic carbocycles. The monoisotopic (exact) mass is 289 g/mol. The van der Waals surface area contributed by atoms with E-state index in [2.05, 4.69) is 4.98 Å². The minimum absolute atomic E-state index is 0.0852. The first-order valence-electron chi connectivity index (χ1n) is 6.23. The summed E-state index contributed by atoms with van der Waals surface area (Å²) in [6, 6.07) is 7.43. The Morgan fingerprint density at radius 2 is 2.05 bits per heavy atom. The van der Waals surface area contributed by atoms with Crippen molar-refractivity contribution in [1.29, 1.82) is 0 Å². The molecule has 2 rings (SSSR count). The molecule has 7 heteroatoms. The zero-order chi connectivity index (χ0) is 15.4. The van der Waals surface area contributed by atoms with E-state index in [1.165, 1.54) is 25.3 Å².